The van der Waals surface area contributed by atoms with Crippen LogP contribution in [0.5, 0.6) is 0 Å². The van der Waals surface area contributed by atoms with E-state index in [1.54, 1.807) is 0 Å². The highest BCUT2D eigenvalue weighted by Crippen LogP contribution is 2.27. The molecule has 4 heteroatoms. The van der Waals surface area contributed by atoms with Crippen molar-refractivity contribution in [2.45, 2.75) is 25.2 Å². The van der Waals surface area contributed by atoms with Crippen molar-refractivity contribution in [1.82, 2.24) is 4.90 Å². The summed E-state index contributed by atoms with van der Waals surface area (Å²) in [6.45, 7) is 2.08. The Balaban J connectivity index is 1.45. The van der Waals surface area contributed by atoms with E-state index in [1.807, 2.05) is 35.2 Å². The number of amides is 1. The maximum atomic E-state index is 12.0. The molecular weight excluding hydrogens is 230 g/mol. The molecule has 0 spiro atoms. The average molecular weight is 247 g/mol. The van der Waals surface area contributed by atoms with Gasteiger partial charge in [-0.05, 0) is 12.0 Å². The molecule has 2 aliphatic rings. The fourth-order valence-corrected chi connectivity index (χ4v) is 2.62. The Hall–Kier alpha value is -1.39. The Kier molecular flexibility index (Phi) is 3.30. The number of morpholine rings is 1. The number of benzene rings is 1. The second-order valence-corrected chi connectivity index (χ2v) is 4.87. The van der Waals surface area contributed by atoms with Gasteiger partial charge in [0.2, 0.25) is 5.91 Å². The first-order valence-corrected chi connectivity index (χ1v) is 6.35. The molecule has 1 amide bonds. The molecule has 2 saturated heterocycles. The van der Waals surface area contributed by atoms with Gasteiger partial charge in [0.05, 0.1) is 25.4 Å². The molecule has 2 fully saturated rings. The van der Waals surface area contributed by atoms with Gasteiger partial charge in [0.1, 0.15) is 6.61 Å². The van der Waals surface area contributed by atoms with Crippen LogP contribution in [0.15, 0.2) is 30.3 Å². The third-order valence-corrected chi connectivity index (χ3v) is 3.56. The van der Waals surface area contributed by atoms with Crippen molar-refractivity contribution in [3.8, 4) is 0 Å². The summed E-state index contributed by atoms with van der Waals surface area (Å²) in [6.07, 6.45) is 1.25. The molecule has 2 atom stereocenters. The third-order valence-electron chi connectivity index (χ3n) is 3.56. The van der Waals surface area contributed by atoms with Gasteiger partial charge in [-0.25, -0.2) is 0 Å². The van der Waals surface area contributed by atoms with Crippen LogP contribution in [-0.4, -0.2) is 42.7 Å². The largest absolute Gasteiger partial charge is 0.374 e. The van der Waals surface area contributed by atoms with Gasteiger partial charge in [0.25, 0.3) is 0 Å². The van der Waals surface area contributed by atoms with Crippen molar-refractivity contribution in [3.05, 3.63) is 35.9 Å². The standard InChI is InChI=1S/C14H17NO3/c16-14(15-7-13-6-12(15)9-18-13)10-17-8-11-4-2-1-3-5-11/h1-5,12-13H,6-10H2. The molecule has 3 rings (SSSR count). The lowest BCUT2D eigenvalue weighted by Crippen LogP contribution is -2.43. The number of likely N-dealkylation sites (tertiary alicyclic amines) is 1. The lowest BCUT2D eigenvalue weighted by atomic mass is 10.2. The van der Waals surface area contributed by atoms with Gasteiger partial charge in [-0.1, -0.05) is 30.3 Å². The van der Waals surface area contributed by atoms with Crippen LogP contribution in [0, 0.1) is 0 Å². The maximum absolute atomic E-state index is 12.0. The summed E-state index contributed by atoms with van der Waals surface area (Å²) < 4.78 is 10.9. The minimum absolute atomic E-state index is 0.0849. The minimum atomic E-state index is 0.0849. The van der Waals surface area contributed by atoms with Crippen molar-refractivity contribution >= 4 is 5.91 Å². The third kappa shape index (κ3) is 2.40. The molecule has 96 valence electrons. The molecule has 2 bridgehead atoms. The second-order valence-electron chi connectivity index (χ2n) is 4.87. The van der Waals surface area contributed by atoms with Gasteiger partial charge in [0, 0.05) is 6.54 Å². The van der Waals surface area contributed by atoms with Gasteiger partial charge in [-0.15, -0.1) is 0 Å². The molecule has 0 radical (unpaired) electrons. The molecule has 2 heterocycles. The Morgan fingerprint density at radius 1 is 1.39 bits per heavy atom. The van der Waals surface area contributed by atoms with E-state index in [1.165, 1.54) is 0 Å². The van der Waals surface area contributed by atoms with Crippen LogP contribution in [-0.2, 0) is 20.9 Å². The van der Waals surface area contributed by atoms with Crippen LogP contribution in [0.3, 0.4) is 0 Å². The Morgan fingerprint density at radius 2 is 2.22 bits per heavy atom. The van der Waals surface area contributed by atoms with Gasteiger partial charge in [0.15, 0.2) is 0 Å². The topological polar surface area (TPSA) is 38.8 Å². The summed E-state index contributed by atoms with van der Waals surface area (Å²) >= 11 is 0. The number of ether oxygens (including phenoxy) is 2. The van der Waals surface area contributed by atoms with E-state index in [4.69, 9.17) is 9.47 Å². The second kappa shape index (κ2) is 5.08. The maximum Gasteiger partial charge on any atom is 0.249 e. The van der Waals surface area contributed by atoms with Crippen molar-refractivity contribution in [2.24, 2.45) is 0 Å². The summed E-state index contributed by atoms with van der Waals surface area (Å²) in [5.41, 5.74) is 1.09. The van der Waals surface area contributed by atoms with E-state index in [0.717, 1.165) is 18.5 Å². The SMILES string of the molecule is O=C(COCc1ccccc1)N1CC2CC1CO2. The summed E-state index contributed by atoms with van der Waals surface area (Å²) in [5.74, 6) is 0.0849. The molecule has 4 nitrogen and oxygen atoms in total. The molecule has 18 heavy (non-hydrogen) atoms. The summed E-state index contributed by atoms with van der Waals surface area (Å²) in [7, 11) is 0. The van der Waals surface area contributed by atoms with Crippen LogP contribution in [0.4, 0.5) is 0 Å². The Morgan fingerprint density at radius 3 is 2.89 bits per heavy atom. The fraction of sp³-hybridized carbons (Fsp3) is 0.500. The highest BCUT2D eigenvalue weighted by molar-refractivity contribution is 5.78. The van der Waals surface area contributed by atoms with E-state index < -0.39 is 0 Å². The van der Waals surface area contributed by atoms with E-state index in [0.29, 0.717) is 13.2 Å². The van der Waals surface area contributed by atoms with Crippen LogP contribution in [0.25, 0.3) is 0 Å². The summed E-state index contributed by atoms with van der Waals surface area (Å²) in [4.78, 5) is 13.9. The lowest BCUT2D eigenvalue weighted by molar-refractivity contribution is -0.141. The van der Waals surface area contributed by atoms with E-state index in [-0.39, 0.29) is 24.7 Å². The molecule has 1 aromatic rings. The summed E-state index contributed by atoms with van der Waals surface area (Å²) in [5, 5.41) is 0. The molecule has 1 aromatic carbocycles. The van der Waals surface area contributed by atoms with Gasteiger partial charge < -0.3 is 14.4 Å². The predicted octanol–water partition coefficient (Wildman–Crippen LogP) is 1.20. The Labute approximate surface area is 106 Å². The molecule has 0 aliphatic carbocycles. The molecule has 0 N–H and O–H groups in total. The minimum Gasteiger partial charge on any atom is -0.374 e. The number of hydrogen-bond acceptors (Lipinski definition) is 3. The van der Waals surface area contributed by atoms with Crippen molar-refractivity contribution in [1.29, 1.82) is 0 Å². The molecule has 2 unspecified atom stereocenters. The zero-order valence-electron chi connectivity index (χ0n) is 10.2. The van der Waals surface area contributed by atoms with Crippen molar-refractivity contribution in [2.75, 3.05) is 19.8 Å². The quantitative estimate of drug-likeness (QED) is 0.802. The fourth-order valence-electron chi connectivity index (χ4n) is 2.62. The van der Waals surface area contributed by atoms with E-state index in [2.05, 4.69) is 0 Å². The first-order valence-electron chi connectivity index (χ1n) is 6.35. The number of carbonyl (C=O) groups excluding carboxylic acids is 1. The Bertz CT molecular complexity index is 420. The normalized spacial score (nSPS) is 25.7. The van der Waals surface area contributed by atoms with Crippen molar-refractivity contribution in [3.63, 3.8) is 0 Å². The average Bonchev–Trinajstić information content (AvgIpc) is 3.02. The van der Waals surface area contributed by atoms with E-state index >= 15 is 0 Å². The number of carbonyl (C=O) groups is 1. The van der Waals surface area contributed by atoms with Crippen molar-refractivity contribution < 1.29 is 14.3 Å². The lowest BCUT2D eigenvalue weighted by Gasteiger charge is -2.26. The van der Waals surface area contributed by atoms with Gasteiger partial charge in [-0.2, -0.15) is 0 Å². The molecule has 2 aliphatic heterocycles. The van der Waals surface area contributed by atoms with E-state index in [9.17, 15) is 4.79 Å². The molecule has 0 aromatic heterocycles. The number of hydrogen-bond donors (Lipinski definition) is 0. The number of rotatable bonds is 4. The summed E-state index contributed by atoms with van der Waals surface area (Å²) in [6, 6.07) is 10.2. The predicted molar refractivity (Wildman–Crippen MR) is 66.0 cm³/mol. The first kappa shape index (κ1) is 11.7. The van der Waals surface area contributed by atoms with Crippen LogP contribution in [0.1, 0.15) is 12.0 Å². The zero-order valence-corrected chi connectivity index (χ0v) is 10.2. The highest BCUT2D eigenvalue weighted by atomic mass is 16.5. The monoisotopic (exact) mass is 247 g/mol. The highest BCUT2D eigenvalue weighted by Gasteiger charge is 2.41. The number of fused-ring (bicyclic) bond motifs is 2. The van der Waals surface area contributed by atoms with Gasteiger partial charge in [-0.3, -0.25) is 4.79 Å². The zero-order chi connectivity index (χ0) is 12.4. The van der Waals surface area contributed by atoms with Crippen LogP contribution >= 0.6 is 0 Å². The van der Waals surface area contributed by atoms with Crippen LogP contribution in [0.2, 0.25) is 0 Å². The van der Waals surface area contributed by atoms with Gasteiger partial charge >= 0.3 is 0 Å². The van der Waals surface area contributed by atoms with Crippen LogP contribution < -0.4 is 0 Å². The molecular formula is C14H17NO3. The number of nitrogens with zero attached hydrogens (tertiary/aromatic N) is 1. The smallest absolute Gasteiger partial charge is 0.249 e. The molecule has 0 saturated carbocycles. The first-order chi connectivity index (χ1) is 8.83.